The van der Waals surface area contributed by atoms with Gasteiger partial charge in [-0.25, -0.2) is 18.1 Å². The Morgan fingerprint density at radius 2 is 1.93 bits per heavy atom. The molecule has 29 heavy (non-hydrogen) atoms. The van der Waals surface area contributed by atoms with Crippen LogP contribution in [0.2, 0.25) is 0 Å². The van der Waals surface area contributed by atoms with E-state index in [2.05, 4.69) is 15.0 Å². The zero-order valence-electron chi connectivity index (χ0n) is 17.2. The maximum atomic E-state index is 13.1. The fourth-order valence-electron chi connectivity index (χ4n) is 3.48. The molecule has 0 radical (unpaired) electrons. The number of thiazole rings is 1. The molecule has 0 unspecified atom stereocenters. The van der Waals surface area contributed by atoms with E-state index in [1.54, 1.807) is 12.1 Å². The van der Waals surface area contributed by atoms with Crippen LogP contribution in [0.1, 0.15) is 45.2 Å². The number of aliphatic hydroxyl groups excluding tert-OH is 1. The zero-order valence-corrected chi connectivity index (χ0v) is 18.9. The van der Waals surface area contributed by atoms with E-state index in [-0.39, 0.29) is 23.1 Å². The van der Waals surface area contributed by atoms with Gasteiger partial charge in [-0.2, -0.15) is 0 Å². The fraction of sp³-hybridized carbons (Fsp3) is 0.550. The molecule has 2 aromatic rings. The third-order valence-corrected chi connectivity index (χ3v) is 7.62. The van der Waals surface area contributed by atoms with Crippen LogP contribution < -0.4 is 14.8 Å². The van der Waals surface area contributed by atoms with Gasteiger partial charge in [0.1, 0.15) is 10.6 Å². The molecule has 1 aromatic heterocycles. The predicted octanol–water partition coefficient (Wildman–Crippen LogP) is 3.53. The molecule has 1 aliphatic rings. The van der Waals surface area contributed by atoms with Gasteiger partial charge in [-0.15, -0.1) is 0 Å². The third-order valence-electron chi connectivity index (χ3n) is 4.94. The van der Waals surface area contributed by atoms with Gasteiger partial charge >= 0.3 is 0 Å². The summed E-state index contributed by atoms with van der Waals surface area (Å²) in [6.07, 6.45) is 2.13. The second-order valence-corrected chi connectivity index (χ2v) is 10.4. The summed E-state index contributed by atoms with van der Waals surface area (Å²) in [5, 5.41) is 13.8. The Morgan fingerprint density at radius 1 is 1.24 bits per heavy atom. The van der Waals surface area contributed by atoms with Gasteiger partial charge in [0.05, 0.1) is 23.8 Å². The van der Waals surface area contributed by atoms with E-state index >= 15 is 0 Å². The van der Waals surface area contributed by atoms with Crippen molar-refractivity contribution < 1.29 is 18.3 Å². The van der Waals surface area contributed by atoms with Crippen molar-refractivity contribution in [3.05, 3.63) is 23.9 Å². The molecular formula is C20H29N3O4S2. The van der Waals surface area contributed by atoms with Gasteiger partial charge in [0.2, 0.25) is 10.0 Å². The monoisotopic (exact) mass is 439 g/mol. The molecule has 0 bridgehead atoms. The molecule has 7 nitrogen and oxygen atoms in total. The summed E-state index contributed by atoms with van der Waals surface area (Å²) >= 11 is 1.50. The minimum atomic E-state index is -3.76. The molecule has 3 N–H and O–H groups in total. The maximum Gasteiger partial charge on any atom is 0.244 e. The quantitative estimate of drug-likeness (QED) is 0.610. The minimum absolute atomic E-state index is 0.120. The average molecular weight is 440 g/mol. The highest BCUT2D eigenvalue weighted by Crippen LogP contribution is 2.37. The van der Waals surface area contributed by atoms with E-state index in [9.17, 15) is 13.5 Å². The Labute approximate surface area is 176 Å². The van der Waals surface area contributed by atoms with Gasteiger partial charge in [-0.1, -0.05) is 11.3 Å². The zero-order chi connectivity index (χ0) is 21.2. The number of rotatable bonds is 7. The van der Waals surface area contributed by atoms with Crippen molar-refractivity contribution in [2.45, 2.75) is 69.5 Å². The molecule has 0 amide bonds. The predicted molar refractivity (Wildman–Crippen MR) is 116 cm³/mol. The molecule has 1 fully saturated rings. The maximum absolute atomic E-state index is 13.1. The van der Waals surface area contributed by atoms with E-state index in [0.717, 1.165) is 21.3 Å². The lowest BCUT2D eigenvalue weighted by Crippen LogP contribution is -2.38. The smallest absolute Gasteiger partial charge is 0.244 e. The number of hydrogen-bond donors (Lipinski definition) is 3. The van der Waals surface area contributed by atoms with Crippen LogP contribution in [0.15, 0.2) is 23.1 Å². The topological polar surface area (TPSA) is 101 Å². The lowest BCUT2D eigenvalue weighted by molar-refractivity contribution is 0.120. The number of aromatic nitrogens is 1. The first kappa shape index (κ1) is 22.0. The Kier molecular flexibility index (Phi) is 6.83. The first-order chi connectivity index (χ1) is 13.7. The van der Waals surface area contributed by atoms with Gasteiger partial charge < -0.3 is 15.2 Å². The Hall–Kier alpha value is -1.68. The summed E-state index contributed by atoms with van der Waals surface area (Å²) < 4.78 is 34.3. The Bertz CT molecular complexity index is 949. The number of ether oxygens (including phenoxy) is 1. The van der Waals surface area contributed by atoms with Crippen molar-refractivity contribution >= 4 is 26.5 Å². The Morgan fingerprint density at radius 3 is 2.55 bits per heavy atom. The largest absolute Gasteiger partial charge is 0.495 e. The van der Waals surface area contributed by atoms with Crippen molar-refractivity contribution in [1.29, 1.82) is 0 Å². The molecule has 0 aliphatic heterocycles. The highest BCUT2D eigenvalue weighted by Gasteiger charge is 2.27. The van der Waals surface area contributed by atoms with E-state index in [4.69, 9.17) is 4.74 Å². The molecule has 1 heterocycles. The van der Waals surface area contributed by atoms with E-state index < -0.39 is 10.0 Å². The van der Waals surface area contributed by atoms with Gasteiger partial charge in [-0.05, 0) is 70.2 Å². The van der Waals surface area contributed by atoms with Crippen LogP contribution in [0.3, 0.4) is 0 Å². The molecule has 0 spiro atoms. The summed E-state index contributed by atoms with van der Waals surface area (Å²) in [7, 11) is -2.30. The number of nitrogens with zero attached hydrogens (tertiary/aromatic N) is 1. The van der Waals surface area contributed by atoms with Crippen LogP contribution in [0.25, 0.3) is 10.4 Å². The first-order valence-corrected chi connectivity index (χ1v) is 12.1. The third kappa shape index (κ3) is 5.28. The summed E-state index contributed by atoms with van der Waals surface area (Å²) in [6.45, 7) is 6.01. The minimum Gasteiger partial charge on any atom is -0.495 e. The van der Waals surface area contributed by atoms with Crippen molar-refractivity contribution in [3.8, 4) is 16.2 Å². The molecule has 1 saturated carbocycles. The van der Waals surface area contributed by atoms with Crippen LogP contribution in [0, 0.1) is 6.92 Å². The number of aryl methyl sites for hydroxylation is 1. The molecule has 3 rings (SSSR count). The van der Waals surface area contributed by atoms with Crippen LogP contribution in [0.4, 0.5) is 5.13 Å². The lowest BCUT2D eigenvalue weighted by Gasteiger charge is -2.26. The number of benzene rings is 1. The number of aliphatic hydroxyl groups is 1. The molecule has 1 aromatic carbocycles. The van der Waals surface area contributed by atoms with E-state index in [0.29, 0.717) is 31.4 Å². The highest BCUT2D eigenvalue weighted by atomic mass is 32.2. The van der Waals surface area contributed by atoms with E-state index in [1.807, 2.05) is 26.8 Å². The van der Waals surface area contributed by atoms with Crippen molar-refractivity contribution in [1.82, 2.24) is 9.71 Å². The van der Waals surface area contributed by atoms with Crippen molar-refractivity contribution in [3.63, 3.8) is 0 Å². The lowest BCUT2D eigenvalue weighted by atomic mass is 9.94. The van der Waals surface area contributed by atoms with Gasteiger partial charge in [0, 0.05) is 12.1 Å². The number of methoxy groups -OCH3 is 1. The molecule has 160 valence electrons. The standard InChI is InChI=1S/C20H29N3O4S2/c1-12(2)21-20-22-13(3)19(28-20)14-5-10-17(27-4)18(11-14)29(25,26)23-15-6-8-16(24)9-7-15/h5,10-12,15-16,23-24H,6-9H2,1-4H3,(H,21,22)/t15-,16-. The van der Waals surface area contributed by atoms with Crippen LogP contribution >= 0.6 is 11.3 Å². The molecule has 1 aliphatic carbocycles. The second-order valence-electron chi connectivity index (χ2n) is 7.72. The molecule has 0 saturated heterocycles. The summed E-state index contributed by atoms with van der Waals surface area (Å²) in [5.41, 5.74) is 1.64. The summed E-state index contributed by atoms with van der Waals surface area (Å²) in [4.78, 5) is 5.59. The van der Waals surface area contributed by atoms with E-state index in [1.165, 1.54) is 18.4 Å². The number of nitrogens with one attached hydrogen (secondary N) is 2. The fourth-order valence-corrected chi connectivity index (χ4v) is 6.09. The molecule has 0 atom stereocenters. The van der Waals surface area contributed by atoms with Gasteiger partial charge in [0.25, 0.3) is 0 Å². The van der Waals surface area contributed by atoms with Crippen molar-refractivity contribution in [2.24, 2.45) is 0 Å². The van der Waals surface area contributed by atoms with Gasteiger partial charge in [0.15, 0.2) is 5.13 Å². The van der Waals surface area contributed by atoms with Crippen LogP contribution in [-0.4, -0.2) is 43.8 Å². The van der Waals surface area contributed by atoms with Gasteiger partial charge in [-0.3, -0.25) is 0 Å². The molecule has 9 heteroatoms. The number of anilines is 1. The summed E-state index contributed by atoms with van der Waals surface area (Å²) in [5.74, 6) is 0.305. The normalized spacial score (nSPS) is 20.1. The number of hydrogen-bond acceptors (Lipinski definition) is 7. The van der Waals surface area contributed by atoms with Crippen LogP contribution in [0.5, 0.6) is 5.75 Å². The Balaban J connectivity index is 1.92. The first-order valence-electron chi connectivity index (χ1n) is 9.82. The number of sulfonamides is 1. The second kappa shape index (κ2) is 8.99. The SMILES string of the molecule is COc1ccc(-c2sc(NC(C)C)nc2C)cc1S(=O)(=O)N[C@H]1CC[C@H](O)CC1. The average Bonchev–Trinajstić information content (AvgIpc) is 3.02. The summed E-state index contributed by atoms with van der Waals surface area (Å²) in [6, 6.07) is 5.28. The van der Waals surface area contributed by atoms with Crippen molar-refractivity contribution in [2.75, 3.05) is 12.4 Å². The highest BCUT2D eigenvalue weighted by molar-refractivity contribution is 7.89. The van der Waals surface area contributed by atoms with Crippen LogP contribution in [-0.2, 0) is 10.0 Å². The molecular weight excluding hydrogens is 410 g/mol.